The van der Waals surface area contributed by atoms with Crippen molar-refractivity contribution in [2.45, 2.75) is 39.2 Å². The highest BCUT2D eigenvalue weighted by atomic mass is 32.1. The van der Waals surface area contributed by atoms with Gasteiger partial charge in [-0.05, 0) is 44.2 Å². The topological polar surface area (TPSA) is 67.9 Å². The molecule has 6 nitrogen and oxygen atoms in total. The number of hydrogen-bond donors (Lipinski definition) is 1. The lowest BCUT2D eigenvalue weighted by Gasteiger charge is -2.31. The summed E-state index contributed by atoms with van der Waals surface area (Å²) in [6.45, 7) is 5.68. The summed E-state index contributed by atoms with van der Waals surface area (Å²) in [5.74, 6) is 1.41. The minimum absolute atomic E-state index is 0.0276. The van der Waals surface area contributed by atoms with Gasteiger partial charge in [-0.3, -0.25) is 9.59 Å². The van der Waals surface area contributed by atoms with Crippen LogP contribution in [0, 0.1) is 5.92 Å². The van der Waals surface area contributed by atoms with Crippen LogP contribution in [0.15, 0.2) is 29.6 Å². The van der Waals surface area contributed by atoms with Crippen molar-refractivity contribution in [2.75, 3.05) is 25.0 Å². The van der Waals surface area contributed by atoms with Crippen molar-refractivity contribution in [1.82, 2.24) is 4.90 Å². The van der Waals surface area contributed by atoms with Crippen LogP contribution in [0.5, 0.6) is 11.5 Å². The van der Waals surface area contributed by atoms with Crippen LogP contribution in [0.25, 0.3) is 0 Å². The second kappa shape index (κ2) is 8.45. The number of anilines is 1. The fraction of sp³-hybridized carbons (Fsp3) is 0.455. The number of ether oxygens (including phenoxy) is 2. The molecule has 1 unspecified atom stereocenters. The van der Waals surface area contributed by atoms with Crippen LogP contribution < -0.4 is 14.8 Å². The van der Waals surface area contributed by atoms with E-state index in [-0.39, 0.29) is 23.8 Å². The van der Waals surface area contributed by atoms with Gasteiger partial charge in [0.05, 0.1) is 17.2 Å². The summed E-state index contributed by atoms with van der Waals surface area (Å²) in [7, 11) is 0. The van der Waals surface area contributed by atoms with Gasteiger partial charge in [0.25, 0.3) is 5.91 Å². The summed E-state index contributed by atoms with van der Waals surface area (Å²) < 4.78 is 11.6. The van der Waals surface area contributed by atoms with E-state index in [1.165, 1.54) is 11.3 Å². The first kappa shape index (κ1) is 19.8. The van der Waals surface area contributed by atoms with Crippen LogP contribution in [0.1, 0.15) is 41.9 Å². The Kier molecular flexibility index (Phi) is 5.76. The van der Waals surface area contributed by atoms with E-state index in [4.69, 9.17) is 9.47 Å². The molecule has 0 bridgehead atoms. The van der Waals surface area contributed by atoms with Crippen molar-refractivity contribution in [1.29, 1.82) is 0 Å². The maximum Gasteiger partial charge on any atom is 0.263 e. The standard InChI is InChI=1S/C22H26N2O4S/c1-3-27-19-12-16-11-14(2)28-18(16)13-17(19)23-21(25)15-6-8-24(9-7-15)22(26)20-5-4-10-29-20/h4-5,10,12-15H,3,6-9,11H2,1-2H3,(H,23,25). The molecule has 2 amide bonds. The number of likely N-dealkylation sites (tertiary alicyclic amines) is 1. The summed E-state index contributed by atoms with van der Waals surface area (Å²) >= 11 is 1.45. The first-order valence-electron chi connectivity index (χ1n) is 10.1. The van der Waals surface area contributed by atoms with E-state index in [0.717, 1.165) is 22.6 Å². The molecule has 2 aromatic rings. The third-order valence-corrected chi connectivity index (χ3v) is 6.30. The molecule has 2 aliphatic heterocycles. The molecule has 4 rings (SSSR count). The zero-order valence-electron chi connectivity index (χ0n) is 16.8. The summed E-state index contributed by atoms with van der Waals surface area (Å²) in [6.07, 6.45) is 2.30. The van der Waals surface area contributed by atoms with Gasteiger partial charge in [0, 0.05) is 37.1 Å². The zero-order chi connectivity index (χ0) is 20.4. The fourth-order valence-corrected chi connectivity index (χ4v) is 4.64. The summed E-state index contributed by atoms with van der Waals surface area (Å²) in [6, 6.07) is 7.57. The van der Waals surface area contributed by atoms with Crippen molar-refractivity contribution in [3.8, 4) is 11.5 Å². The molecule has 1 aromatic heterocycles. The van der Waals surface area contributed by atoms with Gasteiger partial charge in [0.1, 0.15) is 17.6 Å². The predicted molar refractivity (Wildman–Crippen MR) is 113 cm³/mol. The number of thiophene rings is 1. The Labute approximate surface area is 174 Å². The molecule has 0 spiro atoms. The predicted octanol–water partition coefficient (Wildman–Crippen LogP) is 3.96. The molecule has 0 radical (unpaired) electrons. The average molecular weight is 415 g/mol. The Morgan fingerprint density at radius 1 is 1.31 bits per heavy atom. The lowest BCUT2D eigenvalue weighted by Crippen LogP contribution is -2.41. The highest BCUT2D eigenvalue weighted by Crippen LogP contribution is 2.38. The maximum absolute atomic E-state index is 12.9. The molecule has 29 heavy (non-hydrogen) atoms. The number of rotatable bonds is 5. The van der Waals surface area contributed by atoms with Crippen LogP contribution in [0.2, 0.25) is 0 Å². The van der Waals surface area contributed by atoms with E-state index in [1.54, 1.807) is 0 Å². The van der Waals surface area contributed by atoms with Crippen LogP contribution >= 0.6 is 11.3 Å². The number of hydrogen-bond acceptors (Lipinski definition) is 5. The van der Waals surface area contributed by atoms with Crippen LogP contribution in [-0.2, 0) is 11.2 Å². The van der Waals surface area contributed by atoms with E-state index < -0.39 is 0 Å². The molecule has 1 atom stereocenters. The molecule has 3 heterocycles. The Hall–Kier alpha value is -2.54. The lowest BCUT2D eigenvalue weighted by atomic mass is 9.95. The van der Waals surface area contributed by atoms with Gasteiger partial charge in [0.2, 0.25) is 5.91 Å². The smallest absolute Gasteiger partial charge is 0.263 e. The molecular formula is C22H26N2O4S. The van der Waals surface area contributed by atoms with Crippen molar-refractivity contribution in [3.05, 3.63) is 40.1 Å². The normalized spacial score (nSPS) is 18.8. The van der Waals surface area contributed by atoms with E-state index in [1.807, 2.05) is 48.4 Å². The maximum atomic E-state index is 12.9. The molecule has 7 heteroatoms. The highest BCUT2D eigenvalue weighted by molar-refractivity contribution is 7.12. The quantitative estimate of drug-likeness (QED) is 0.804. The number of nitrogens with one attached hydrogen (secondary N) is 1. The van der Waals surface area contributed by atoms with Gasteiger partial charge in [-0.2, -0.15) is 0 Å². The molecule has 154 valence electrons. The van der Waals surface area contributed by atoms with Crippen molar-refractivity contribution < 1.29 is 19.1 Å². The number of benzene rings is 1. The Balaban J connectivity index is 1.40. The summed E-state index contributed by atoms with van der Waals surface area (Å²) in [5.41, 5.74) is 1.76. The Bertz CT molecular complexity index is 888. The number of fused-ring (bicyclic) bond motifs is 1. The number of nitrogens with zero attached hydrogens (tertiary/aromatic N) is 1. The molecule has 1 saturated heterocycles. The van der Waals surface area contributed by atoms with Gasteiger partial charge < -0.3 is 19.7 Å². The molecule has 1 fully saturated rings. The van der Waals surface area contributed by atoms with Gasteiger partial charge in [-0.15, -0.1) is 11.3 Å². The summed E-state index contributed by atoms with van der Waals surface area (Å²) in [5, 5.41) is 4.94. The van der Waals surface area contributed by atoms with Crippen LogP contribution in [-0.4, -0.2) is 42.5 Å². The van der Waals surface area contributed by atoms with Gasteiger partial charge in [0.15, 0.2) is 0 Å². The van der Waals surface area contributed by atoms with E-state index in [9.17, 15) is 9.59 Å². The largest absolute Gasteiger partial charge is 0.492 e. The highest BCUT2D eigenvalue weighted by Gasteiger charge is 2.29. The van der Waals surface area contributed by atoms with Gasteiger partial charge in [-0.25, -0.2) is 0 Å². The minimum Gasteiger partial charge on any atom is -0.492 e. The molecular weight excluding hydrogens is 388 g/mol. The van der Waals surface area contributed by atoms with Crippen LogP contribution in [0.3, 0.4) is 0 Å². The van der Waals surface area contributed by atoms with E-state index >= 15 is 0 Å². The average Bonchev–Trinajstić information content (AvgIpc) is 3.37. The number of carbonyl (C=O) groups is 2. The third kappa shape index (κ3) is 4.24. The van der Waals surface area contributed by atoms with Crippen molar-refractivity contribution >= 4 is 28.8 Å². The Morgan fingerprint density at radius 3 is 2.79 bits per heavy atom. The number of piperidine rings is 1. The minimum atomic E-state index is -0.120. The monoisotopic (exact) mass is 414 g/mol. The zero-order valence-corrected chi connectivity index (χ0v) is 17.6. The third-order valence-electron chi connectivity index (χ3n) is 5.44. The molecule has 0 aliphatic carbocycles. The number of carbonyl (C=O) groups excluding carboxylic acids is 2. The number of amides is 2. The van der Waals surface area contributed by atoms with E-state index in [0.29, 0.717) is 44.0 Å². The van der Waals surface area contributed by atoms with Crippen molar-refractivity contribution in [2.24, 2.45) is 5.92 Å². The SMILES string of the molecule is CCOc1cc2c(cc1NC(=O)C1CCN(C(=O)c3cccs3)CC1)OC(C)C2. The molecule has 2 aliphatic rings. The van der Waals surface area contributed by atoms with Gasteiger partial charge in [-0.1, -0.05) is 6.07 Å². The lowest BCUT2D eigenvalue weighted by molar-refractivity contribution is -0.121. The molecule has 1 aromatic carbocycles. The van der Waals surface area contributed by atoms with Gasteiger partial charge >= 0.3 is 0 Å². The second-order valence-corrected chi connectivity index (χ2v) is 8.50. The fourth-order valence-electron chi connectivity index (χ4n) is 3.95. The van der Waals surface area contributed by atoms with Crippen LogP contribution in [0.4, 0.5) is 5.69 Å². The first-order chi connectivity index (χ1) is 14.0. The summed E-state index contributed by atoms with van der Waals surface area (Å²) in [4.78, 5) is 28.0. The molecule has 0 saturated carbocycles. The molecule has 1 N–H and O–H groups in total. The Morgan fingerprint density at radius 2 is 2.10 bits per heavy atom. The van der Waals surface area contributed by atoms with E-state index in [2.05, 4.69) is 5.32 Å². The van der Waals surface area contributed by atoms with Crippen molar-refractivity contribution in [3.63, 3.8) is 0 Å². The first-order valence-corrected chi connectivity index (χ1v) is 11.0. The second-order valence-electron chi connectivity index (χ2n) is 7.55.